The summed E-state index contributed by atoms with van der Waals surface area (Å²) in [5.41, 5.74) is 2.44. The summed E-state index contributed by atoms with van der Waals surface area (Å²) in [6.07, 6.45) is -0.502. The number of carbonyl (C=O) groups excluding carboxylic acids is 1. The molecule has 0 aliphatic carbocycles. The molecule has 1 saturated heterocycles. The summed E-state index contributed by atoms with van der Waals surface area (Å²) in [4.78, 5) is 24.8. The molecule has 0 saturated carbocycles. The minimum absolute atomic E-state index is 0.00457. The second kappa shape index (κ2) is 10.1. The molecule has 29 heavy (non-hydrogen) atoms. The van der Waals surface area contributed by atoms with E-state index in [1.165, 1.54) is 0 Å². The first-order valence-electron chi connectivity index (χ1n) is 9.40. The number of carbonyl (C=O) groups is 2. The molecule has 1 aliphatic heterocycles. The van der Waals surface area contributed by atoms with E-state index in [1.54, 1.807) is 11.0 Å². The molecular formula is C21H23ClN2O5. The minimum Gasteiger partial charge on any atom is -0.493 e. The summed E-state index contributed by atoms with van der Waals surface area (Å²) in [6, 6.07) is 12.8. The van der Waals surface area contributed by atoms with Crippen molar-refractivity contribution in [1.29, 1.82) is 0 Å². The zero-order chi connectivity index (χ0) is 20.6. The van der Waals surface area contributed by atoms with E-state index in [0.717, 1.165) is 11.1 Å². The molecule has 0 spiro atoms. The molecule has 0 radical (unpaired) electrons. The van der Waals surface area contributed by atoms with Gasteiger partial charge in [0.2, 0.25) is 0 Å². The zero-order valence-corrected chi connectivity index (χ0v) is 16.7. The second-order valence-corrected chi connectivity index (χ2v) is 7.03. The number of morpholine rings is 1. The maximum atomic E-state index is 12.6. The van der Waals surface area contributed by atoms with Crippen LogP contribution < -0.4 is 10.1 Å². The largest absolute Gasteiger partial charge is 0.493 e. The normalized spacial score (nSPS) is 13.8. The third-order valence-electron chi connectivity index (χ3n) is 4.50. The van der Waals surface area contributed by atoms with Crippen LogP contribution in [0.5, 0.6) is 5.75 Å². The zero-order valence-electron chi connectivity index (χ0n) is 15.9. The van der Waals surface area contributed by atoms with Crippen LogP contribution in [-0.2, 0) is 4.74 Å². The Morgan fingerprint density at radius 2 is 1.83 bits per heavy atom. The molecule has 2 aromatic rings. The van der Waals surface area contributed by atoms with Crippen molar-refractivity contribution >= 4 is 23.6 Å². The van der Waals surface area contributed by atoms with Gasteiger partial charge in [-0.2, -0.15) is 0 Å². The lowest BCUT2D eigenvalue weighted by Crippen LogP contribution is -2.40. The topological polar surface area (TPSA) is 88.1 Å². The maximum Gasteiger partial charge on any atom is 0.404 e. The molecule has 2 amide bonds. The number of hydrogen-bond acceptors (Lipinski definition) is 4. The second-order valence-electron chi connectivity index (χ2n) is 6.59. The first kappa shape index (κ1) is 21.0. The highest BCUT2D eigenvalue weighted by Crippen LogP contribution is 2.29. The van der Waals surface area contributed by atoms with E-state index in [-0.39, 0.29) is 5.91 Å². The van der Waals surface area contributed by atoms with Gasteiger partial charge in [0.25, 0.3) is 5.91 Å². The fourth-order valence-electron chi connectivity index (χ4n) is 3.02. The summed E-state index contributed by atoms with van der Waals surface area (Å²) in [5.74, 6) is 0.612. The van der Waals surface area contributed by atoms with Crippen molar-refractivity contribution in [2.24, 2.45) is 0 Å². The van der Waals surface area contributed by atoms with Crippen molar-refractivity contribution in [3.63, 3.8) is 0 Å². The average molecular weight is 419 g/mol. The minimum atomic E-state index is -1.05. The number of benzene rings is 2. The van der Waals surface area contributed by atoms with Crippen molar-refractivity contribution in [1.82, 2.24) is 10.2 Å². The molecule has 0 unspecified atom stereocenters. The van der Waals surface area contributed by atoms with Gasteiger partial charge in [0.1, 0.15) is 5.75 Å². The molecule has 1 aliphatic rings. The van der Waals surface area contributed by atoms with Crippen molar-refractivity contribution in [3.8, 4) is 16.9 Å². The van der Waals surface area contributed by atoms with Crippen LogP contribution in [0.2, 0.25) is 5.02 Å². The molecule has 0 aromatic heterocycles. The third kappa shape index (κ3) is 6.10. The lowest BCUT2D eigenvalue weighted by Gasteiger charge is -2.26. The number of amides is 2. The third-order valence-corrected chi connectivity index (χ3v) is 4.72. The fraction of sp³-hybridized carbons (Fsp3) is 0.333. The van der Waals surface area contributed by atoms with E-state index < -0.39 is 6.09 Å². The van der Waals surface area contributed by atoms with Gasteiger partial charge in [-0.05, 0) is 47.9 Å². The molecule has 154 valence electrons. The summed E-state index contributed by atoms with van der Waals surface area (Å²) < 4.78 is 11.0. The Morgan fingerprint density at radius 3 is 2.52 bits per heavy atom. The van der Waals surface area contributed by atoms with Gasteiger partial charge in [0.15, 0.2) is 0 Å². The number of ether oxygens (including phenoxy) is 2. The van der Waals surface area contributed by atoms with Crippen LogP contribution in [0.4, 0.5) is 4.79 Å². The van der Waals surface area contributed by atoms with Gasteiger partial charge in [-0.3, -0.25) is 4.79 Å². The van der Waals surface area contributed by atoms with E-state index in [1.807, 2.05) is 36.4 Å². The maximum absolute atomic E-state index is 12.6. The smallest absolute Gasteiger partial charge is 0.404 e. The highest BCUT2D eigenvalue weighted by Gasteiger charge is 2.18. The van der Waals surface area contributed by atoms with Crippen LogP contribution in [0.15, 0.2) is 42.5 Å². The lowest BCUT2D eigenvalue weighted by molar-refractivity contribution is 0.0303. The van der Waals surface area contributed by atoms with Gasteiger partial charge in [-0.1, -0.05) is 23.7 Å². The molecule has 3 rings (SSSR count). The first-order valence-corrected chi connectivity index (χ1v) is 9.78. The summed E-state index contributed by atoms with van der Waals surface area (Å²) in [6.45, 7) is 3.05. The number of hydrogen-bond donors (Lipinski definition) is 2. The molecule has 1 fully saturated rings. The van der Waals surface area contributed by atoms with Gasteiger partial charge in [-0.25, -0.2) is 4.79 Å². The lowest BCUT2D eigenvalue weighted by atomic mass is 10.0. The quantitative estimate of drug-likeness (QED) is 0.672. The SMILES string of the molecule is O=C(O)NCCCOc1cc(Cl)cc(-c2ccc(C(=O)N3CCOCC3)cc2)c1. The predicted octanol–water partition coefficient (Wildman–Crippen LogP) is 3.52. The number of carboxylic acid groups (broad SMARTS) is 1. The van der Waals surface area contributed by atoms with Crippen molar-refractivity contribution in [2.45, 2.75) is 6.42 Å². The van der Waals surface area contributed by atoms with E-state index in [2.05, 4.69) is 5.32 Å². The Morgan fingerprint density at radius 1 is 1.10 bits per heavy atom. The standard InChI is InChI=1S/C21H23ClN2O5/c22-18-12-17(13-19(14-18)29-9-1-6-23-21(26)27)15-2-4-16(5-3-15)20(25)24-7-10-28-11-8-24/h2-5,12-14,23H,1,6-11H2,(H,26,27). The summed E-state index contributed by atoms with van der Waals surface area (Å²) in [7, 11) is 0. The average Bonchev–Trinajstić information content (AvgIpc) is 2.73. The van der Waals surface area contributed by atoms with Crippen molar-refractivity contribution < 1.29 is 24.2 Å². The molecular weight excluding hydrogens is 396 g/mol. The van der Waals surface area contributed by atoms with E-state index in [4.69, 9.17) is 26.2 Å². The number of rotatable bonds is 7. The Balaban J connectivity index is 1.64. The van der Waals surface area contributed by atoms with Crippen LogP contribution >= 0.6 is 11.6 Å². The van der Waals surface area contributed by atoms with Gasteiger partial charge in [-0.15, -0.1) is 0 Å². The Hall–Kier alpha value is -2.77. The molecule has 2 aromatic carbocycles. The highest BCUT2D eigenvalue weighted by molar-refractivity contribution is 6.31. The summed E-state index contributed by atoms with van der Waals surface area (Å²) in [5, 5.41) is 11.4. The fourth-order valence-corrected chi connectivity index (χ4v) is 3.25. The van der Waals surface area contributed by atoms with E-state index in [0.29, 0.717) is 62.2 Å². The number of nitrogens with zero attached hydrogens (tertiary/aromatic N) is 1. The monoisotopic (exact) mass is 418 g/mol. The van der Waals surface area contributed by atoms with Gasteiger partial charge >= 0.3 is 6.09 Å². The van der Waals surface area contributed by atoms with Crippen LogP contribution in [0.1, 0.15) is 16.8 Å². The Bertz CT molecular complexity index is 851. The number of halogens is 1. The molecule has 7 nitrogen and oxygen atoms in total. The molecule has 2 N–H and O–H groups in total. The molecule has 1 heterocycles. The van der Waals surface area contributed by atoms with Gasteiger partial charge in [0, 0.05) is 30.2 Å². The van der Waals surface area contributed by atoms with Crippen LogP contribution in [-0.4, -0.2) is 61.5 Å². The molecule has 0 atom stereocenters. The van der Waals surface area contributed by atoms with Crippen molar-refractivity contribution in [2.75, 3.05) is 39.5 Å². The Kier molecular flexibility index (Phi) is 7.32. The highest BCUT2D eigenvalue weighted by atomic mass is 35.5. The Labute approximate surface area is 174 Å². The van der Waals surface area contributed by atoms with Crippen LogP contribution in [0.3, 0.4) is 0 Å². The van der Waals surface area contributed by atoms with Crippen LogP contribution in [0.25, 0.3) is 11.1 Å². The van der Waals surface area contributed by atoms with Crippen molar-refractivity contribution in [3.05, 3.63) is 53.1 Å². The molecule has 0 bridgehead atoms. The number of nitrogens with one attached hydrogen (secondary N) is 1. The molecule has 8 heteroatoms. The predicted molar refractivity (Wildman–Crippen MR) is 110 cm³/mol. The van der Waals surface area contributed by atoms with Crippen LogP contribution in [0, 0.1) is 0 Å². The van der Waals surface area contributed by atoms with Gasteiger partial charge in [0.05, 0.1) is 19.8 Å². The van der Waals surface area contributed by atoms with E-state index >= 15 is 0 Å². The summed E-state index contributed by atoms with van der Waals surface area (Å²) >= 11 is 6.22. The first-order chi connectivity index (χ1) is 14.0. The van der Waals surface area contributed by atoms with E-state index in [9.17, 15) is 9.59 Å². The van der Waals surface area contributed by atoms with Gasteiger partial charge < -0.3 is 24.8 Å².